The molecular weight excluding hydrogens is 433 g/mol. The smallest absolute Gasteiger partial charge is 0.276 e. The summed E-state index contributed by atoms with van der Waals surface area (Å²) in [6.07, 6.45) is 1.75. The van der Waals surface area contributed by atoms with Crippen LogP contribution in [-0.2, 0) is 16.6 Å². The summed E-state index contributed by atoms with van der Waals surface area (Å²) in [4.78, 5) is 16.4. The summed E-state index contributed by atoms with van der Waals surface area (Å²) < 4.78 is 45.5. The van der Waals surface area contributed by atoms with Gasteiger partial charge in [-0.05, 0) is 43.2 Å². The first-order valence-corrected chi connectivity index (χ1v) is 11.7. The number of carbonyl (C=O) groups excluding carboxylic acids is 1. The minimum absolute atomic E-state index is 0.0147. The molecule has 0 saturated carbocycles. The van der Waals surface area contributed by atoms with E-state index in [1.165, 1.54) is 22.5 Å². The van der Waals surface area contributed by atoms with Crippen molar-refractivity contribution >= 4 is 27.5 Å². The molecular formula is C20H23ClFN3O4S. The Morgan fingerprint density at radius 3 is 2.40 bits per heavy atom. The molecule has 4 rings (SSSR count). The third-order valence-electron chi connectivity index (χ3n) is 5.50. The molecule has 2 aromatic rings. The minimum atomic E-state index is -3.56. The van der Waals surface area contributed by atoms with Crippen LogP contribution in [0.2, 0.25) is 5.02 Å². The van der Waals surface area contributed by atoms with Crippen molar-refractivity contribution in [2.24, 2.45) is 0 Å². The topological polar surface area (TPSA) is 74.1 Å². The SMILES string of the molecule is O=C(c1ccc(F)cc1Cl)N1CCN(Cc2ccc(S(=O)(=O)N3CCCC3)o2)CC1. The molecule has 30 heavy (non-hydrogen) atoms. The van der Waals surface area contributed by atoms with Gasteiger partial charge in [0.2, 0.25) is 5.09 Å². The monoisotopic (exact) mass is 455 g/mol. The number of piperazine rings is 1. The predicted molar refractivity (Wildman–Crippen MR) is 109 cm³/mol. The fraction of sp³-hybridized carbons (Fsp3) is 0.450. The van der Waals surface area contributed by atoms with Crippen molar-refractivity contribution in [1.82, 2.24) is 14.1 Å². The summed E-state index contributed by atoms with van der Waals surface area (Å²) in [6, 6.07) is 6.96. The van der Waals surface area contributed by atoms with Crippen LogP contribution in [-0.4, -0.2) is 67.7 Å². The van der Waals surface area contributed by atoms with Crippen LogP contribution in [0.15, 0.2) is 39.8 Å². The lowest BCUT2D eigenvalue weighted by Crippen LogP contribution is -2.48. The van der Waals surface area contributed by atoms with Gasteiger partial charge in [-0.2, -0.15) is 4.31 Å². The average molecular weight is 456 g/mol. The van der Waals surface area contributed by atoms with E-state index >= 15 is 0 Å². The number of nitrogens with zero attached hydrogens (tertiary/aromatic N) is 3. The highest BCUT2D eigenvalue weighted by molar-refractivity contribution is 7.89. The van der Waals surface area contributed by atoms with Crippen molar-refractivity contribution in [3.05, 3.63) is 52.5 Å². The number of halogens is 2. The highest BCUT2D eigenvalue weighted by Crippen LogP contribution is 2.24. The van der Waals surface area contributed by atoms with Crippen LogP contribution in [0.4, 0.5) is 4.39 Å². The van der Waals surface area contributed by atoms with E-state index in [-0.39, 0.29) is 21.6 Å². The second-order valence-corrected chi connectivity index (χ2v) is 9.80. The molecule has 2 aliphatic heterocycles. The fourth-order valence-corrected chi connectivity index (χ4v) is 5.49. The van der Waals surface area contributed by atoms with Crippen molar-refractivity contribution in [3.63, 3.8) is 0 Å². The van der Waals surface area contributed by atoms with Crippen molar-refractivity contribution in [1.29, 1.82) is 0 Å². The molecule has 2 saturated heterocycles. The average Bonchev–Trinajstić information content (AvgIpc) is 3.41. The maximum Gasteiger partial charge on any atom is 0.276 e. The Bertz CT molecular complexity index is 1030. The Morgan fingerprint density at radius 1 is 1.03 bits per heavy atom. The van der Waals surface area contributed by atoms with Crippen LogP contribution in [0, 0.1) is 5.82 Å². The van der Waals surface area contributed by atoms with Gasteiger partial charge in [0.1, 0.15) is 11.6 Å². The van der Waals surface area contributed by atoms with Crippen LogP contribution < -0.4 is 0 Å². The van der Waals surface area contributed by atoms with E-state index in [2.05, 4.69) is 4.90 Å². The third kappa shape index (κ3) is 4.39. The number of hydrogen-bond donors (Lipinski definition) is 0. The van der Waals surface area contributed by atoms with Gasteiger partial charge in [0.25, 0.3) is 15.9 Å². The zero-order valence-electron chi connectivity index (χ0n) is 16.4. The van der Waals surface area contributed by atoms with Crippen molar-refractivity contribution in [2.75, 3.05) is 39.3 Å². The quantitative estimate of drug-likeness (QED) is 0.693. The maximum atomic E-state index is 13.2. The molecule has 0 aliphatic carbocycles. The number of sulfonamides is 1. The summed E-state index contributed by atoms with van der Waals surface area (Å²) in [5.74, 6) is -0.128. The molecule has 10 heteroatoms. The van der Waals surface area contributed by atoms with Crippen LogP contribution in [0.25, 0.3) is 0 Å². The molecule has 1 aromatic heterocycles. The van der Waals surface area contributed by atoms with E-state index in [0.717, 1.165) is 18.9 Å². The maximum absolute atomic E-state index is 13.2. The highest BCUT2D eigenvalue weighted by Gasteiger charge is 2.30. The standard InChI is InChI=1S/C20H23ClFN3O4S/c21-18-13-15(22)3-5-17(18)20(26)24-11-9-23(10-12-24)14-16-4-6-19(29-16)30(27,28)25-7-1-2-8-25/h3-6,13H,1-2,7-12,14H2. The van der Waals surface area contributed by atoms with E-state index < -0.39 is 15.8 Å². The van der Waals surface area contributed by atoms with Crippen LogP contribution >= 0.6 is 11.6 Å². The first-order valence-electron chi connectivity index (χ1n) is 9.90. The molecule has 162 valence electrons. The zero-order valence-corrected chi connectivity index (χ0v) is 18.0. The number of furan rings is 1. The van der Waals surface area contributed by atoms with Crippen molar-refractivity contribution in [2.45, 2.75) is 24.5 Å². The Kier molecular flexibility index (Phi) is 6.15. The van der Waals surface area contributed by atoms with Gasteiger partial charge in [0.05, 0.1) is 17.1 Å². The second kappa shape index (κ2) is 8.66. The molecule has 0 bridgehead atoms. The van der Waals surface area contributed by atoms with E-state index in [9.17, 15) is 17.6 Å². The Hall–Kier alpha value is -1.94. The lowest BCUT2D eigenvalue weighted by Gasteiger charge is -2.34. The summed E-state index contributed by atoms with van der Waals surface area (Å²) in [5, 5.41) is 0.0870. The molecule has 2 aliphatic rings. The molecule has 7 nitrogen and oxygen atoms in total. The van der Waals surface area contributed by atoms with Crippen molar-refractivity contribution < 1.29 is 22.0 Å². The molecule has 0 spiro atoms. The number of amides is 1. The lowest BCUT2D eigenvalue weighted by molar-refractivity contribution is 0.0618. The van der Waals surface area contributed by atoms with Crippen LogP contribution in [0.5, 0.6) is 0 Å². The fourth-order valence-electron chi connectivity index (χ4n) is 3.80. The van der Waals surface area contributed by atoms with E-state index in [1.807, 2.05) is 0 Å². The van der Waals surface area contributed by atoms with Gasteiger partial charge in [-0.3, -0.25) is 9.69 Å². The molecule has 0 radical (unpaired) electrons. The predicted octanol–water partition coefficient (Wildman–Crippen LogP) is 2.81. The summed E-state index contributed by atoms with van der Waals surface area (Å²) >= 11 is 6.00. The van der Waals surface area contributed by atoms with Gasteiger partial charge >= 0.3 is 0 Å². The van der Waals surface area contributed by atoms with E-state index in [4.69, 9.17) is 16.0 Å². The largest absolute Gasteiger partial charge is 0.447 e. The normalized spacial score (nSPS) is 18.8. The number of benzene rings is 1. The minimum Gasteiger partial charge on any atom is -0.447 e. The number of carbonyl (C=O) groups is 1. The van der Waals surface area contributed by atoms with Crippen LogP contribution in [0.1, 0.15) is 29.0 Å². The van der Waals surface area contributed by atoms with Crippen molar-refractivity contribution in [3.8, 4) is 0 Å². The summed E-state index contributed by atoms with van der Waals surface area (Å²) in [6.45, 7) is 3.74. The molecule has 1 aromatic carbocycles. The van der Waals surface area contributed by atoms with Gasteiger partial charge in [-0.15, -0.1) is 0 Å². The second-order valence-electron chi connectivity index (χ2n) is 7.52. The third-order valence-corrected chi connectivity index (χ3v) is 7.58. The van der Waals surface area contributed by atoms with Gasteiger partial charge in [-0.1, -0.05) is 11.6 Å². The molecule has 2 fully saturated rings. The van der Waals surface area contributed by atoms with E-state index in [0.29, 0.717) is 51.6 Å². The first kappa shape index (κ1) is 21.3. The van der Waals surface area contributed by atoms with Gasteiger partial charge in [0.15, 0.2) is 0 Å². The molecule has 0 unspecified atom stereocenters. The first-order chi connectivity index (χ1) is 14.3. The molecule has 1 amide bonds. The van der Waals surface area contributed by atoms with Gasteiger partial charge in [0, 0.05) is 39.3 Å². The van der Waals surface area contributed by atoms with Crippen LogP contribution in [0.3, 0.4) is 0 Å². The molecule has 3 heterocycles. The highest BCUT2D eigenvalue weighted by atomic mass is 35.5. The summed E-state index contributed by atoms with van der Waals surface area (Å²) in [5.41, 5.74) is 0.286. The number of hydrogen-bond acceptors (Lipinski definition) is 5. The summed E-state index contributed by atoms with van der Waals surface area (Å²) in [7, 11) is -3.56. The Morgan fingerprint density at radius 2 is 1.73 bits per heavy atom. The van der Waals surface area contributed by atoms with E-state index in [1.54, 1.807) is 11.0 Å². The van der Waals surface area contributed by atoms with Gasteiger partial charge < -0.3 is 9.32 Å². The Labute approximate surface area is 180 Å². The zero-order chi connectivity index (χ0) is 21.3. The van der Waals surface area contributed by atoms with Gasteiger partial charge in [-0.25, -0.2) is 12.8 Å². The lowest BCUT2D eigenvalue weighted by atomic mass is 10.1. The molecule has 0 N–H and O–H groups in total. The Balaban J connectivity index is 1.34. The number of rotatable bonds is 5. The molecule has 0 atom stereocenters.